The third kappa shape index (κ3) is 2.47. The highest BCUT2D eigenvalue weighted by molar-refractivity contribution is 6.06. The summed E-state index contributed by atoms with van der Waals surface area (Å²) in [7, 11) is 3.12. The first-order valence-corrected chi connectivity index (χ1v) is 5.83. The van der Waals surface area contributed by atoms with Gasteiger partial charge in [0.15, 0.2) is 0 Å². The van der Waals surface area contributed by atoms with E-state index in [0.717, 1.165) is 5.56 Å². The fraction of sp³-hybridized carbons (Fsp3) is 0.385. The minimum Gasteiger partial charge on any atom is -0.497 e. The first kappa shape index (κ1) is 13.2. The number of methoxy groups -OCH3 is 2. The van der Waals surface area contributed by atoms with E-state index < -0.39 is 11.6 Å². The Morgan fingerprint density at radius 1 is 1.21 bits per heavy atom. The zero-order valence-electron chi connectivity index (χ0n) is 11.1. The van der Waals surface area contributed by atoms with E-state index in [1.54, 1.807) is 39.3 Å². The first-order chi connectivity index (χ1) is 8.98. The van der Waals surface area contributed by atoms with E-state index in [0.29, 0.717) is 17.9 Å². The molecule has 1 saturated heterocycles. The van der Waals surface area contributed by atoms with Crippen LogP contribution in [0, 0.1) is 0 Å². The average Bonchev–Trinajstić information content (AvgIpc) is 2.62. The van der Waals surface area contributed by atoms with E-state index in [1.165, 1.54) is 0 Å². The van der Waals surface area contributed by atoms with Gasteiger partial charge in [0.25, 0.3) is 5.91 Å². The summed E-state index contributed by atoms with van der Waals surface area (Å²) in [4.78, 5) is 23.0. The Hall–Kier alpha value is -2.24. The van der Waals surface area contributed by atoms with Gasteiger partial charge in [0.05, 0.1) is 14.2 Å². The molecule has 1 unspecified atom stereocenters. The van der Waals surface area contributed by atoms with Crippen molar-refractivity contribution in [3.05, 3.63) is 23.8 Å². The summed E-state index contributed by atoms with van der Waals surface area (Å²) >= 11 is 0. The highest BCUT2D eigenvalue weighted by Crippen LogP contribution is 2.28. The van der Waals surface area contributed by atoms with Crippen LogP contribution >= 0.6 is 0 Å². The third-order valence-electron chi connectivity index (χ3n) is 3.15. The van der Waals surface area contributed by atoms with Crippen LogP contribution < -0.4 is 20.1 Å². The van der Waals surface area contributed by atoms with Crippen LogP contribution in [0.2, 0.25) is 0 Å². The number of carbonyl (C=O) groups is 2. The normalized spacial score (nSPS) is 21.8. The van der Waals surface area contributed by atoms with E-state index >= 15 is 0 Å². The van der Waals surface area contributed by atoms with Crippen molar-refractivity contribution in [1.29, 1.82) is 0 Å². The third-order valence-corrected chi connectivity index (χ3v) is 3.15. The predicted octanol–water partition coefficient (Wildman–Crippen LogP) is 0.844. The van der Waals surface area contributed by atoms with Gasteiger partial charge in [0.2, 0.25) is 0 Å². The van der Waals surface area contributed by atoms with E-state index in [2.05, 4.69) is 10.6 Å². The van der Waals surface area contributed by atoms with Crippen molar-refractivity contribution in [2.75, 3.05) is 14.2 Å². The Labute approximate surface area is 111 Å². The summed E-state index contributed by atoms with van der Waals surface area (Å²) in [5.74, 6) is 0.975. The van der Waals surface area contributed by atoms with Crippen LogP contribution in [0.15, 0.2) is 18.2 Å². The summed E-state index contributed by atoms with van der Waals surface area (Å²) < 4.78 is 10.4. The zero-order valence-corrected chi connectivity index (χ0v) is 11.1. The van der Waals surface area contributed by atoms with Crippen LogP contribution in [-0.4, -0.2) is 31.7 Å². The van der Waals surface area contributed by atoms with Gasteiger partial charge in [0.1, 0.15) is 17.0 Å². The molecule has 1 aromatic carbocycles. The van der Waals surface area contributed by atoms with Gasteiger partial charge in [-0.25, -0.2) is 4.79 Å². The number of urea groups is 1. The van der Waals surface area contributed by atoms with Gasteiger partial charge in [0, 0.05) is 12.0 Å². The van der Waals surface area contributed by atoms with Crippen molar-refractivity contribution in [3.8, 4) is 11.5 Å². The van der Waals surface area contributed by atoms with E-state index in [-0.39, 0.29) is 5.91 Å². The number of rotatable bonds is 4. The Kier molecular flexibility index (Phi) is 3.33. The molecule has 2 rings (SSSR count). The first-order valence-electron chi connectivity index (χ1n) is 5.83. The largest absolute Gasteiger partial charge is 0.497 e. The Bertz CT molecular complexity index is 529. The molecule has 2 N–H and O–H groups in total. The second kappa shape index (κ2) is 4.79. The predicted molar refractivity (Wildman–Crippen MR) is 68.3 cm³/mol. The lowest BCUT2D eigenvalue weighted by molar-refractivity contribution is -0.123. The van der Waals surface area contributed by atoms with Gasteiger partial charge in [-0.1, -0.05) is 0 Å². The molecule has 1 aliphatic heterocycles. The maximum absolute atomic E-state index is 11.8. The SMILES string of the molecule is COc1ccc(OC)c(CC2(C)NC(=O)NC2=O)c1. The molecular weight excluding hydrogens is 248 g/mol. The number of amides is 3. The molecule has 3 amide bonds. The van der Waals surface area contributed by atoms with Crippen LogP contribution in [0.4, 0.5) is 4.79 Å². The van der Waals surface area contributed by atoms with Gasteiger partial charge in [-0.05, 0) is 25.1 Å². The molecular formula is C13H16N2O4. The summed E-state index contributed by atoms with van der Waals surface area (Å²) in [6, 6.07) is 4.86. The number of nitrogens with one attached hydrogen (secondary N) is 2. The number of imide groups is 1. The average molecular weight is 264 g/mol. The molecule has 0 aliphatic carbocycles. The Morgan fingerprint density at radius 3 is 2.47 bits per heavy atom. The molecule has 1 atom stereocenters. The lowest BCUT2D eigenvalue weighted by Crippen LogP contribution is -2.45. The molecule has 6 heteroatoms. The molecule has 0 aromatic heterocycles. The second-order valence-electron chi connectivity index (χ2n) is 4.59. The lowest BCUT2D eigenvalue weighted by atomic mass is 9.92. The fourth-order valence-corrected chi connectivity index (χ4v) is 2.11. The summed E-state index contributed by atoms with van der Waals surface area (Å²) in [5, 5.41) is 4.85. The van der Waals surface area contributed by atoms with Gasteiger partial charge in [-0.3, -0.25) is 10.1 Å². The lowest BCUT2D eigenvalue weighted by Gasteiger charge is -2.22. The van der Waals surface area contributed by atoms with E-state index in [1.807, 2.05) is 0 Å². The molecule has 0 saturated carbocycles. The number of hydrogen-bond acceptors (Lipinski definition) is 4. The van der Waals surface area contributed by atoms with Crippen LogP contribution in [0.25, 0.3) is 0 Å². The molecule has 0 radical (unpaired) electrons. The number of hydrogen-bond donors (Lipinski definition) is 2. The minimum atomic E-state index is -0.975. The Morgan fingerprint density at radius 2 is 1.95 bits per heavy atom. The monoisotopic (exact) mass is 264 g/mol. The number of ether oxygens (including phenoxy) is 2. The standard InChI is InChI=1S/C13H16N2O4/c1-13(11(16)14-12(17)15-13)7-8-6-9(18-2)4-5-10(8)19-3/h4-6H,7H2,1-3H3,(H2,14,15,16,17). The second-order valence-corrected chi connectivity index (χ2v) is 4.59. The van der Waals surface area contributed by atoms with Crippen molar-refractivity contribution < 1.29 is 19.1 Å². The summed E-state index contributed by atoms with van der Waals surface area (Å²) in [5.41, 5.74) is -0.182. The van der Waals surface area contributed by atoms with Crippen molar-refractivity contribution in [3.63, 3.8) is 0 Å². The fourth-order valence-electron chi connectivity index (χ4n) is 2.11. The maximum atomic E-state index is 11.8. The summed E-state index contributed by atoms with van der Waals surface area (Å²) in [6.45, 7) is 1.67. The van der Waals surface area contributed by atoms with Crippen LogP contribution in [0.1, 0.15) is 12.5 Å². The Balaban J connectivity index is 2.32. The van der Waals surface area contributed by atoms with Crippen LogP contribution in [0.3, 0.4) is 0 Å². The van der Waals surface area contributed by atoms with Crippen LogP contribution in [-0.2, 0) is 11.2 Å². The number of benzene rings is 1. The molecule has 1 fully saturated rings. The molecule has 1 heterocycles. The molecule has 1 aliphatic rings. The minimum absolute atomic E-state index is 0.324. The van der Waals surface area contributed by atoms with Gasteiger partial charge in [-0.15, -0.1) is 0 Å². The van der Waals surface area contributed by atoms with Crippen molar-refractivity contribution >= 4 is 11.9 Å². The zero-order chi connectivity index (χ0) is 14.0. The van der Waals surface area contributed by atoms with Crippen molar-refractivity contribution in [2.45, 2.75) is 18.9 Å². The smallest absolute Gasteiger partial charge is 0.322 e. The highest BCUT2D eigenvalue weighted by atomic mass is 16.5. The van der Waals surface area contributed by atoms with Crippen molar-refractivity contribution in [2.24, 2.45) is 0 Å². The molecule has 1 aromatic rings. The summed E-state index contributed by atoms with van der Waals surface area (Å²) in [6.07, 6.45) is 0.324. The molecule has 0 bridgehead atoms. The molecule has 102 valence electrons. The highest BCUT2D eigenvalue weighted by Gasteiger charge is 2.42. The van der Waals surface area contributed by atoms with Gasteiger partial charge in [-0.2, -0.15) is 0 Å². The van der Waals surface area contributed by atoms with E-state index in [4.69, 9.17) is 9.47 Å². The number of carbonyl (C=O) groups excluding carboxylic acids is 2. The molecule has 6 nitrogen and oxygen atoms in total. The molecule has 19 heavy (non-hydrogen) atoms. The van der Waals surface area contributed by atoms with Crippen molar-refractivity contribution in [1.82, 2.24) is 10.6 Å². The van der Waals surface area contributed by atoms with E-state index in [9.17, 15) is 9.59 Å². The topological polar surface area (TPSA) is 76.7 Å². The van der Waals surface area contributed by atoms with Gasteiger partial charge >= 0.3 is 6.03 Å². The quantitative estimate of drug-likeness (QED) is 0.790. The molecule has 0 spiro atoms. The maximum Gasteiger partial charge on any atom is 0.322 e. The van der Waals surface area contributed by atoms with Crippen LogP contribution in [0.5, 0.6) is 11.5 Å². The van der Waals surface area contributed by atoms with Gasteiger partial charge < -0.3 is 14.8 Å².